The van der Waals surface area contributed by atoms with Gasteiger partial charge in [-0.15, -0.1) is 0 Å². The van der Waals surface area contributed by atoms with Crippen molar-refractivity contribution in [3.8, 4) is 11.5 Å². The van der Waals surface area contributed by atoms with E-state index in [0.717, 1.165) is 0 Å². The normalized spacial score (nSPS) is 8.00. The molecule has 13 heavy (non-hydrogen) atoms. The molecule has 0 aliphatic carbocycles. The number of hydrogen-bond donors (Lipinski definition) is 0. The molecule has 0 bridgehead atoms. The van der Waals surface area contributed by atoms with Crippen molar-refractivity contribution < 1.29 is 20.4 Å². The second-order valence-electron chi connectivity index (χ2n) is 2.08. The van der Waals surface area contributed by atoms with Crippen LogP contribution in [-0.4, -0.2) is 33.0 Å². The third-order valence-corrected chi connectivity index (χ3v) is 1.47. The van der Waals surface area contributed by atoms with Crippen LogP contribution in [-0.2, 0) is 0 Å². The number of hydrogen-bond acceptors (Lipinski definition) is 4. The average molecular weight is 182 g/mol. The Morgan fingerprint density at radius 3 is 1.69 bits per heavy atom. The van der Waals surface area contributed by atoms with Crippen LogP contribution in [0.25, 0.3) is 0 Å². The molecule has 2 N–H and O–H groups in total. The standard InChI is InChI=1S/C8H9BO2.2H2O/c1-10-6-4-3-5-7(11-2)8(6)9;;/h3-5H,1-2H3;2*1H2/q+2;;/p-2. The van der Waals surface area contributed by atoms with Crippen LogP contribution in [0.1, 0.15) is 0 Å². The third-order valence-electron chi connectivity index (χ3n) is 1.47. The van der Waals surface area contributed by atoms with E-state index in [-0.39, 0.29) is 11.0 Å². The van der Waals surface area contributed by atoms with E-state index in [1.807, 2.05) is 6.07 Å². The Morgan fingerprint density at radius 1 is 1.00 bits per heavy atom. The van der Waals surface area contributed by atoms with Crippen molar-refractivity contribution in [3.63, 3.8) is 0 Å². The summed E-state index contributed by atoms with van der Waals surface area (Å²) >= 11 is 0. The fraction of sp³-hybridized carbons (Fsp3) is 0.250. The molecule has 4 nitrogen and oxygen atoms in total. The minimum Gasteiger partial charge on any atom is -0.870 e. The average Bonchev–Trinajstić information content (AvgIpc) is 2.05. The molecule has 0 atom stereocenters. The Balaban J connectivity index is 0. The van der Waals surface area contributed by atoms with Gasteiger partial charge in [0.15, 0.2) is 0 Å². The predicted molar refractivity (Wildman–Crippen MR) is 48.8 cm³/mol. The molecule has 0 radical (unpaired) electrons. The molecular formula is C8H11BO4. The quantitative estimate of drug-likeness (QED) is 0.609. The molecule has 0 fully saturated rings. The Hall–Kier alpha value is -1.20. The van der Waals surface area contributed by atoms with Gasteiger partial charge < -0.3 is 11.0 Å². The summed E-state index contributed by atoms with van der Waals surface area (Å²) in [5.74, 6) is 1.29. The minimum absolute atomic E-state index is 0. The zero-order chi connectivity index (χ0) is 8.27. The molecular weight excluding hydrogens is 171 g/mol. The van der Waals surface area contributed by atoms with Crippen LogP contribution in [0.3, 0.4) is 0 Å². The van der Waals surface area contributed by atoms with Gasteiger partial charge in [-0.1, -0.05) is 0 Å². The van der Waals surface area contributed by atoms with Gasteiger partial charge in [0.25, 0.3) is 0 Å². The summed E-state index contributed by atoms with van der Waals surface area (Å²) in [7, 11) is 8.80. The molecule has 0 heterocycles. The summed E-state index contributed by atoms with van der Waals surface area (Å²) < 4.78 is 9.96. The van der Waals surface area contributed by atoms with Crippen LogP contribution in [0.5, 0.6) is 11.5 Å². The monoisotopic (exact) mass is 182 g/mol. The number of rotatable bonds is 2. The first-order valence-electron chi connectivity index (χ1n) is 3.26. The smallest absolute Gasteiger partial charge is 0.870 e. The second-order valence-corrected chi connectivity index (χ2v) is 2.08. The van der Waals surface area contributed by atoms with Crippen LogP contribution in [0.2, 0.25) is 0 Å². The van der Waals surface area contributed by atoms with Gasteiger partial charge in [0.2, 0.25) is 0 Å². The molecule has 0 amide bonds. The van der Waals surface area contributed by atoms with Crippen LogP contribution in [0.15, 0.2) is 18.2 Å². The summed E-state index contributed by atoms with van der Waals surface area (Å²) in [4.78, 5) is 0. The van der Waals surface area contributed by atoms with Gasteiger partial charge in [0.1, 0.15) is 0 Å². The molecule has 0 unspecified atom stereocenters. The van der Waals surface area contributed by atoms with E-state index in [1.54, 1.807) is 26.4 Å². The molecule has 0 aliphatic rings. The maximum absolute atomic E-state index is 5.65. The van der Waals surface area contributed by atoms with Gasteiger partial charge in [-0.2, -0.15) is 0 Å². The molecule has 5 heteroatoms. The first-order chi connectivity index (χ1) is 5.29. The van der Waals surface area contributed by atoms with Gasteiger partial charge in [-0.05, 0) is 0 Å². The van der Waals surface area contributed by atoms with Crippen LogP contribution in [0, 0.1) is 0 Å². The Labute approximate surface area is 78.5 Å². The molecule has 70 valence electrons. The molecule has 1 aromatic carbocycles. The molecule has 0 saturated heterocycles. The van der Waals surface area contributed by atoms with Crippen molar-refractivity contribution in [2.45, 2.75) is 0 Å². The Bertz CT molecular complexity index is 230. The van der Waals surface area contributed by atoms with Crippen molar-refractivity contribution in [1.82, 2.24) is 0 Å². The maximum atomic E-state index is 5.65. The Kier molecular flexibility index (Phi) is 6.99. The van der Waals surface area contributed by atoms with Crippen LogP contribution in [0.4, 0.5) is 0 Å². The molecule has 1 rings (SSSR count). The zero-order valence-corrected chi connectivity index (χ0v) is 7.52. The molecule has 0 aliphatic heterocycles. The van der Waals surface area contributed by atoms with E-state index >= 15 is 0 Å². The van der Waals surface area contributed by atoms with E-state index in [0.29, 0.717) is 17.0 Å². The first kappa shape index (κ1) is 14.3. The van der Waals surface area contributed by atoms with E-state index < -0.39 is 0 Å². The topological polar surface area (TPSA) is 78.5 Å². The van der Waals surface area contributed by atoms with Gasteiger partial charge >= 0.3 is 66.7 Å². The molecule has 0 saturated carbocycles. The third kappa shape index (κ3) is 2.97. The summed E-state index contributed by atoms with van der Waals surface area (Å²) in [6.07, 6.45) is 0. The largest absolute Gasteiger partial charge is 0.870 e. The van der Waals surface area contributed by atoms with Crippen LogP contribution < -0.4 is 14.9 Å². The second kappa shape index (κ2) is 6.34. The van der Waals surface area contributed by atoms with Crippen molar-refractivity contribution in [2.75, 3.05) is 14.2 Å². The van der Waals surface area contributed by atoms with Crippen molar-refractivity contribution >= 4 is 13.3 Å². The predicted octanol–water partition coefficient (Wildman–Crippen LogP) is 0.144. The fourth-order valence-electron chi connectivity index (χ4n) is 0.880. The fourth-order valence-corrected chi connectivity index (χ4v) is 0.880. The summed E-state index contributed by atoms with van der Waals surface area (Å²) in [6.45, 7) is 0. The minimum atomic E-state index is 0. The van der Waals surface area contributed by atoms with Gasteiger partial charge in [-0.25, -0.2) is 0 Å². The molecule has 1 aromatic rings. The van der Waals surface area contributed by atoms with Gasteiger partial charge in [0, 0.05) is 0 Å². The number of methoxy groups -OCH3 is 2. The SMILES string of the molecule is [B+2]c1c(OC)cccc1OC.[OH-].[OH-]. The summed E-state index contributed by atoms with van der Waals surface area (Å²) in [5.41, 5.74) is 0.539. The first-order valence-corrected chi connectivity index (χ1v) is 3.26. The van der Waals surface area contributed by atoms with Crippen LogP contribution >= 0.6 is 0 Å². The van der Waals surface area contributed by atoms with Crippen molar-refractivity contribution in [1.29, 1.82) is 0 Å². The van der Waals surface area contributed by atoms with E-state index in [1.165, 1.54) is 0 Å². The number of benzene rings is 1. The number of ether oxygens (including phenoxy) is 2. The van der Waals surface area contributed by atoms with Gasteiger partial charge in [-0.3, -0.25) is 0 Å². The van der Waals surface area contributed by atoms with E-state index in [2.05, 4.69) is 0 Å². The Morgan fingerprint density at radius 2 is 1.38 bits per heavy atom. The molecule has 0 aromatic heterocycles. The van der Waals surface area contributed by atoms with E-state index in [4.69, 9.17) is 17.3 Å². The summed E-state index contributed by atoms with van der Waals surface area (Å²) in [5, 5.41) is 0. The van der Waals surface area contributed by atoms with Gasteiger partial charge in [0.05, 0.1) is 0 Å². The maximum Gasteiger partial charge on any atom is -0.870 e. The summed E-state index contributed by atoms with van der Waals surface area (Å²) in [6, 6.07) is 5.41. The van der Waals surface area contributed by atoms with Crippen molar-refractivity contribution in [2.24, 2.45) is 0 Å². The van der Waals surface area contributed by atoms with Crippen molar-refractivity contribution in [3.05, 3.63) is 18.2 Å². The molecule has 0 spiro atoms. The van der Waals surface area contributed by atoms with E-state index in [9.17, 15) is 0 Å². The zero-order valence-electron chi connectivity index (χ0n) is 7.52.